The van der Waals surface area contributed by atoms with Crippen LogP contribution in [0.15, 0.2) is 24.5 Å². The van der Waals surface area contributed by atoms with Gasteiger partial charge >= 0.3 is 5.69 Å². The van der Waals surface area contributed by atoms with E-state index in [0.29, 0.717) is 24.0 Å². The molecule has 20 heavy (non-hydrogen) atoms. The van der Waals surface area contributed by atoms with Crippen molar-refractivity contribution in [3.8, 4) is 17.1 Å². The van der Waals surface area contributed by atoms with Gasteiger partial charge in [0.05, 0.1) is 17.1 Å². The second-order valence-electron chi connectivity index (χ2n) is 4.64. The van der Waals surface area contributed by atoms with Gasteiger partial charge in [-0.1, -0.05) is 6.07 Å². The van der Waals surface area contributed by atoms with Crippen LogP contribution in [0.4, 0.5) is 5.69 Å². The van der Waals surface area contributed by atoms with E-state index in [2.05, 4.69) is 10.2 Å². The molecule has 0 spiro atoms. The van der Waals surface area contributed by atoms with E-state index in [9.17, 15) is 10.1 Å². The van der Waals surface area contributed by atoms with Gasteiger partial charge in [0.25, 0.3) is 0 Å². The maximum absolute atomic E-state index is 11.1. The van der Waals surface area contributed by atoms with Crippen LogP contribution in [-0.2, 0) is 0 Å². The molecule has 0 N–H and O–H groups in total. The van der Waals surface area contributed by atoms with Gasteiger partial charge in [-0.05, 0) is 25.8 Å². The fourth-order valence-electron chi connectivity index (χ4n) is 2.20. The molecule has 0 radical (unpaired) electrons. The average Bonchev–Trinajstić information content (AvgIpc) is 3.17. The molecule has 0 bridgehead atoms. The van der Waals surface area contributed by atoms with Gasteiger partial charge in [-0.2, -0.15) is 0 Å². The SMILES string of the molecule is CCOc1c(-c2nncn2C2CC2)cccc1[N+](=O)[O-]. The average molecular weight is 274 g/mol. The second kappa shape index (κ2) is 4.92. The molecule has 1 heterocycles. The molecule has 1 saturated carbocycles. The lowest BCUT2D eigenvalue weighted by Crippen LogP contribution is -2.02. The molecule has 1 aliphatic carbocycles. The zero-order valence-electron chi connectivity index (χ0n) is 11.0. The van der Waals surface area contributed by atoms with Crippen LogP contribution in [0.5, 0.6) is 5.75 Å². The van der Waals surface area contributed by atoms with Crippen LogP contribution in [0.3, 0.4) is 0 Å². The molecule has 0 amide bonds. The van der Waals surface area contributed by atoms with Gasteiger partial charge in [-0.15, -0.1) is 10.2 Å². The maximum atomic E-state index is 11.1. The number of hydrogen-bond donors (Lipinski definition) is 0. The third kappa shape index (κ3) is 2.11. The fraction of sp³-hybridized carbons (Fsp3) is 0.385. The summed E-state index contributed by atoms with van der Waals surface area (Å²) in [6.45, 7) is 2.15. The van der Waals surface area contributed by atoms with Gasteiger partial charge in [0.15, 0.2) is 5.82 Å². The van der Waals surface area contributed by atoms with E-state index in [-0.39, 0.29) is 11.4 Å². The number of benzene rings is 1. The van der Waals surface area contributed by atoms with Crippen molar-refractivity contribution in [1.82, 2.24) is 14.8 Å². The summed E-state index contributed by atoms with van der Waals surface area (Å²) in [6, 6.07) is 5.25. The first-order chi connectivity index (χ1) is 9.72. The van der Waals surface area contributed by atoms with Crippen molar-refractivity contribution in [2.24, 2.45) is 0 Å². The minimum Gasteiger partial charge on any atom is -0.487 e. The van der Waals surface area contributed by atoms with E-state index in [0.717, 1.165) is 12.8 Å². The summed E-state index contributed by atoms with van der Waals surface area (Å²) < 4.78 is 7.45. The summed E-state index contributed by atoms with van der Waals surface area (Å²) in [4.78, 5) is 10.7. The summed E-state index contributed by atoms with van der Waals surface area (Å²) in [5.41, 5.74) is 0.570. The first-order valence-corrected chi connectivity index (χ1v) is 6.52. The molecule has 0 atom stereocenters. The van der Waals surface area contributed by atoms with Crippen LogP contribution >= 0.6 is 0 Å². The molecule has 104 valence electrons. The van der Waals surface area contributed by atoms with Gasteiger partial charge in [-0.25, -0.2) is 0 Å². The number of para-hydroxylation sites is 1. The van der Waals surface area contributed by atoms with Gasteiger partial charge in [0.1, 0.15) is 6.33 Å². The van der Waals surface area contributed by atoms with Crippen molar-refractivity contribution in [2.45, 2.75) is 25.8 Å². The molecule has 0 unspecified atom stereocenters. The smallest absolute Gasteiger partial charge is 0.311 e. The lowest BCUT2D eigenvalue weighted by molar-refractivity contribution is -0.385. The van der Waals surface area contributed by atoms with Crippen LogP contribution < -0.4 is 4.74 Å². The van der Waals surface area contributed by atoms with Gasteiger partial charge in [0, 0.05) is 12.1 Å². The molecule has 0 saturated heterocycles. The topological polar surface area (TPSA) is 83.1 Å². The standard InChI is InChI=1S/C13H14N4O3/c1-2-20-12-10(4-3-5-11(12)17(18)19)13-15-14-8-16(13)9-6-7-9/h3-5,8-9H,2,6-7H2,1H3. The van der Waals surface area contributed by atoms with Crippen molar-refractivity contribution in [1.29, 1.82) is 0 Å². The van der Waals surface area contributed by atoms with Gasteiger partial charge in [-0.3, -0.25) is 10.1 Å². The number of rotatable bonds is 5. The summed E-state index contributed by atoms with van der Waals surface area (Å²) in [6.07, 6.45) is 3.84. The van der Waals surface area contributed by atoms with Crippen molar-refractivity contribution in [2.75, 3.05) is 6.61 Å². The molecular weight excluding hydrogens is 260 g/mol. The first kappa shape index (κ1) is 12.6. The number of nitrogens with zero attached hydrogens (tertiary/aromatic N) is 4. The van der Waals surface area contributed by atoms with E-state index in [1.54, 1.807) is 25.4 Å². The van der Waals surface area contributed by atoms with Crippen molar-refractivity contribution < 1.29 is 9.66 Å². The lowest BCUT2D eigenvalue weighted by atomic mass is 10.1. The summed E-state index contributed by atoms with van der Waals surface area (Å²) in [5, 5.41) is 19.2. The minimum atomic E-state index is -0.438. The van der Waals surface area contributed by atoms with Crippen LogP contribution in [0.1, 0.15) is 25.8 Å². The predicted molar refractivity (Wildman–Crippen MR) is 71.6 cm³/mol. The normalized spacial score (nSPS) is 14.2. The van der Waals surface area contributed by atoms with Crippen molar-refractivity contribution in [3.05, 3.63) is 34.6 Å². The molecular formula is C13H14N4O3. The fourth-order valence-corrected chi connectivity index (χ4v) is 2.20. The van der Waals surface area contributed by atoms with Crippen LogP contribution in [0.25, 0.3) is 11.4 Å². The number of hydrogen-bond acceptors (Lipinski definition) is 5. The molecule has 1 aromatic carbocycles. The molecule has 2 aromatic rings. The maximum Gasteiger partial charge on any atom is 0.311 e. The van der Waals surface area contributed by atoms with Gasteiger partial charge in [0.2, 0.25) is 5.75 Å². The Hall–Kier alpha value is -2.44. The molecule has 7 heteroatoms. The Bertz CT molecular complexity index is 649. The van der Waals surface area contributed by atoms with Crippen molar-refractivity contribution in [3.63, 3.8) is 0 Å². The number of aromatic nitrogens is 3. The molecule has 0 aliphatic heterocycles. The van der Waals surface area contributed by atoms with Crippen LogP contribution in [0.2, 0.25) is 0 Å². The Kier molecular flexibility index (Phi) is 3.09. The van der Waals surface area contributed by atoms with E-state index < -0.39 is 4.92 Å². The predicted octanol–water partition coefficient (Wildman–Crippen LogP) is 2.59. The van der Waals surface area contributed by atoms with Crippen LogP contribution in [-0.4, -0.2) is 26.3 Å². The number of nitro groups is 1. The Balaban J connectivity index is 2.14. The summed E-state index contributed by atoms with van der Waals surface area (Å²) in [7, 11) is 0. The highest BCUT2D eigenvalue weighted by molar-refractivity contribution is 5.71. The van der Waals surface area contributed by atoms with Crippen LogP contribution in [0, 0.1) is 10.1 Å². The first-order valence-electron chi connectivity index (χ1n) is 6.52. The highest BCUT2D eigenvalue weighted by atomic mass is 16.6. The number of nitro benzene ring substituents is 1. The van der Waals surface area contributed by atoms with E-state index in [4.69, 9.17) is 4.74 Å². The minimum absolute atomic E-state index is 0.0466. The number of ether oxygens (including phenoxy) is 1. The summed E-state index contributed by atoms with van der Waals surface area (Å²) >= 11 is 0. The highest BCUT2D eigenvalue weighted by Crippen LogP contribution is 2.41. The molecule has 1 aliphatic rings. The Morgan fingerprint density at radius 3 is 2.95 bits per heavy atom. The molecule has 1 aromatic heterocycles. The van der Waals surface area contributed by atoms with Crippen molar-refractivity contribution >= 4 is 5.69 Å². The Morgan fingerprint density at radius 1 is 1.50 bits per heavy atom. The monoisotopic (exact) mass is 274 g/mol. The van der Waals surface area contributed by atoms with E-state index in [1.165, 1.54) is 6.07 Å². The zero-order chi connectivity index (χ0) is 14.1. The Morgan fingerprint density at radius 2 is 2.30 bits per heavy atom. The largest absolute Gasteiger partial charge is 0.487 e. The molecule has 1 fully saturated rings. The summed E-state index contributed by atoms with van der Waals surface area (Å²) in [5.74, 6) is 0.884. The second-order valence-corrected chi connectivity index (χ2v) is 4.64. The third-order valence-corrected chi connectivity index (χ3v) is 3.23. The quantitative estimate of drug-likeness (QED) is 0.618. The molecule has 3 rings (SSSR count). The third-order valence-electron chi connectivity index (χ3n) is 3.23. The van der Waals surface area contributed by atoms with E-state index >= 15 is 0 Å². The molecule has 7 nitrogen and oxygen atoms in total. The van der Waals surface area contributed by atoms with Gasteiger partial charge < -0.3 is 9.30 Å². The lowest BCUT2D eigenvalue weighted by Gasteiger charge is -2.11. The van der Waals surface area contributed by atoms with E-state index in [1.807, 2.05) is 4.57 Å². The Labute approximate surface area is 115 Å². The highest BCUT2D eigenvalue weighted by Gasteiger charge is 2.29. The zero-order valence-corrected chi connectivity index (χ0v) is 11.0.